The Hall–Kier alpha value is -3.13. The van der Waals surface area contributed by atoms with Gasteiger partial charge in [0.25, 0.3) is 0 Å². The van der Waals surface area contributed by atoms with E-state index < -0.39 is 6.61 Å². The molecule has 0 atom stereocenters. The number of thiazole rings is 1. The molecule has 2 aromatic carbocycles. The van der Waals surface area contributed by atoms with Gasteiger partial charge in [-0.05, 0) is 24.1 Å². The van der Waals surface area contributed by atoms with Crippen LogP contribution in [0.5, 0.6) is 5.75 Å². The van der Waals surface area contributed by atoms with Gasteiger partial charge in [0.15, 0.2) is 10.9 Å². The molecule has 0 bridgehead atoms. The number of nitrogens with one attached hydrogen (secondary N) is 1. The number of aromatic nitrogens is 1. The molecule has 3 rings (SSSR count). The largest absolute Gasteiger partial charge is 0.434 e. The highest BCUT2D eigenvalue weighted by molar-refractivity contribution is 7.14. The quantitative estimate of drug-likeness (QED) is 0.450. The number of aryl methyl sites for hydroxylation is 1. The summed E-state index contributed by atoms with van der Waals surface area (Å²) in [6.45, 7) is -0.907. The van der Waals surface area contributed by atoms with Crippen molar-refractivity contribution in [2.45, 2.75) is 32.8 Å². The third-order valence-electron chi connectivity index (χ3n) is 4.39. The van der Waals surface area contributed by atoms with Gasteiger partial charge in [0.1, 0.15) is 5.75 Å². The predicted octanol–water partition coefficient (Wildman–Crippen LogP) is 5.58. The van der Waals surface area contributed by atoms with E-state index in [0.29, 0.717) is 22.0 Å². The van der Waals surface area contributed by atoms with Crippen LogP contribution in [-0.2, 0) is 11.2 Å². The molecule has 3 aromatic rings. The molecule has 1 aromatic heterocycles. The number of amides is 1. The lowest BCUT2D eigenvalue weighted by atomic mass is 10.0. The van der Waals surface area contributed by atoms with Crippen LogP contribution in [0.1, 0.15) is 35.7 Å². The molecule has 0 radical (unpaired) electrons. The Morgan fingerprint density at radius 1 is 1.10 bits per heavy atom. The third kappa shape index (κ3) is 5.70. The number of Topliss-reactive ketones (excluding diaryl/α,β-unsaturated/α-hetero) is 1. The highest BCUT2D eigenvalue weighted by atomic mass is 32.1. The van der Waals surface area contributed by atoms with Crippen LogP contribution in [0, 0.1) is 0 Å². The second-order valence-corrected chi connectivity index (χ2v) is 7.29. The third-order valence-corrected chi connectivity index (χ3v) is 5.15. The van der Waals surface area contributed by atoms with Gasteiger partial charge in [0, 0.05) is 29.3 Å². The molecule has 0 aliphatic heterocycles. The minimum absolute atomic E-state index is 0.00960. The highest BCUT2D eigenvalue weighted by Gasteiger charge is 2.15. The Kier molecular flexibility index (Phi) is 7.24. The fourth-order valence-electron chi connectivity index (χ4n) is 2.81. The number of halogens is 2. The smallest absolute Gasteiger partial charge is 0.387 e. The Labute approximate surface area is 176 Å². The maximum atomic E-state index is 12.6. The van der Waals surface area contributed by atoms with Gasteiger partial charge >= 0.3 is 6.61 Å². The van der Waals surface area contributed by atoms with Crippen molar-refractivity contribution in [1.82, 2.24) is 4.98 Å². The monoisotopic (exact) mass is 430 g/mol. The normalized spacial score (nSPS) is 10.8. The Bertz CT molecular complexity index is 1020. The second kappa shape index (κ2) is 10.1. The molecular formula is C22H20F2N2O3S. The van der Waals surface area contributed by atoms with Crippen LogP contribution in [0.2, 0.25) is 0 Å². The predicted molar refractivity (Wildman–Crippen MR) is 112 cm³/mol. The second-order valence-electron chi connectivity index (χ2n) is 6.43. The van der Waals surface area contributed by atoms with Gasteiger partial charge in [-0.1, -0.05) is 43.3 Å². The average molecular weight is 430 g/mol. The molecule has 1 heterocycles. The number of rotatable bonds is 9. The van der Waals surface area contributed by atoms with Gasteiger partial charge in [-0.3, -0.25) is 9.59 Å². The molecule has 0 unspecified atom stereocenters. The van der Waals surface area contributed by atoms with E-state index in [1.54, 1.807) is 35.7 Å². The zero-order valence-electron chi connectivity index (χ0n) is 16.2. The zero-order valence-corrected chi connectivity index (χ0v) is 17.0. The van der Waals surface area contributed by atoms with Gasteiger partial charge < -0.3 is 10.1 Å². The standard InChI is InChI=1S/C22H20F2N2O3S/c1-2-14-7-9-15(10-8-14)18(27)11-12-20(28)26-22-25-17(13-30-22)16-5-3-4-6-19(16)29-21(23)24/h3-10,13,21H,2,11-12H2,1H3,(H,25,26,28). The minimum atomic E-state index is -2.94. The van der Waals surface area contributed by atoms with Crippen molar-refractivity contribution in [1.29, 1.82) is 0 Å². The number of hydrogen-bond donors (Lipinski definition) is 1. The number of carbonyl (C=O) groups excluding carboxylic acids is 2. The van der Waals surface area contributed by atoms with Gasteiger partial charge in [0.05, 0.1) is 5.69 Å². The molecule has 1 amide bonds. The SMILES string of the molecule is CCc1ccc(C(=O)CCC(=O)Nc2nc(-c3ccccc3OC(F)F)cs2)cc1. The van der Waals surface area contributed by atoms with Gasteiger partial charge in [0.2, 0.25) is 5.91 Å². The Morgan fingerprint density at radius 3 is 2.53 bits per heavy atom. The molecular weight excluding hydrogens is 410 g/mol. The maximum Gasteiger partial charge on any atom is 0.387 e. The van der Waals surface area contributed by atoms with Crippen molar-refractivity contribution >= 4 is 28.2 Å². The first-order valence-electron chi connectivity index (χ1n) is 9.38. The van der Waals surface area contributed by atoms with Crippen LogP contribution >= 0.6 is 11.3 Å². The average Bonchev–Trinajstić information content (AvgIpc) is 3.20. The van der Waals surface area contributed by atoms with E-state index in [0.717, 1.165) is 23.3 Å². The van der Waals surface area contributed by atoms with Crippen molar-refractivity contribution in [3.8, 4) is 17.0 Å². The number of alkyl halides is 2. The van der Waals surface area contributed by atoms with Gasteiger partial charge in [-0.15, -0.1) is 11.3 Å². The van der Waals surface area contributed by atoms with Crippen molar-refractivity contribution in [2.24, 2.45) is 0 Å². The molecule has 0 spiro atoms. The molecule has 0 saturated heterocycles. The summed E-state index contributed by atoms with van der Waals surface area (Å²) >= 11 is 1.16. The molecule has 0 saturated carbocycles. The van der Waals surface area contributed by atoms with Crippen molar-refractivity contribution in [2.75, 3.05) is 5.32 Å². The summed E-state index contributed by atoms with van der Waals surface area (Å²) < 4.78 is 29.7. The first-order valence-corrected chi connectivity index (χ1v) is 10.3. The lowest BCUT2D eigenvalue weighted by Crippen LogP contribution is -2.13. The van der Waals surface area contributed by atoms with Crippen LogP contribution in [-0.4, -0.2) is 23.3 Å². The Balaban J connectivity index is 1.58. The number of anilines is 1. The number of ketones is 1. The Morgan fingerprint density at radius 2 is 1.83 bits per heavy atom. The molecule has 30 heavy (non-hydrogen) atoms. The first kappa shape index (κ1) is 21.6. The summed E-state index contributed by atoms with van der Waals surface area (Å²) in [5.41, 5.74) is 2.54. The molecule has 156 valence electrons. The number of nitrogens with zero attached hydrogens (tertiary/aromatic N) is 1. The van der Waals surface area contributed by atoms with E-state index in [4.69, 9.17) is 0 Å². The van der Waals surface area contributed by atoms with Crippen LogP contribution in [0.3, 0.4) is 0 Å². The van der Waals surface area contributed by atoms with Crippen molar-refractivity contribution in [3.05, 3.63) is 65.0 Å². The van der Waals surface area contributed by atoms with Crippen LogP contribution in [0.25, 0.3) is 11.3 Å². The number of para-hydroxylation sites is 1. The highest BCUT2D eigenvalue weighted by Crippen LogP contribution is 2.33. The van der Waals surface area contributed by atoms with Gasteiger partial charge in [-0.2, -0.15) is 8.78 Å². The molecule has 0 aliphatic carbocycles. The van der Waals surface area contributed by atoms with Crippen LogP contribution < -0.4 is 10.1 Å². The first-order chi connectivity index (χ1) is 14.5. The summed E-state index contributed by atoms with van der Waals surface area (Å²) in [5.74, 6) is -0.437. The van der Waals surface area contributed by atoms with Gasteiger partial charge in [-0.25, -0.2) is 4.98 Å². The topological polar surface area (TPSA) is 68.3 Å². The lowest BCUT2D eigenvalue weighted by molar-refractivity contribution is -0.116. The molecule has 5 nitrogen and oxygen atoms in total. The minimum Gasteiger partial charge on any atom is -0.434 e. The van der Waals surface area contributed by atoms with E-state index in [1.807, 2.05) is 19.1 Å². The van der Waals surface area contributed by atoms with E-state index in [-0.39, 0.29) is 30.3 Å². The van der Waals surface area contributed by atoms with E-state index in [9.17, 15) is 18.4 Å². The fraction of sp³-hybridized carbons (Fsp3) is 0.227. The number of ether oxygens (including phenoxy) is 1. The van der Waals surface area contributed by atoms with E-state index >= 15 is 0 Å². The number of hydrogen-bond acceptors (Lipinski definition) is 5. The summed E-state index contributed by atoms with van der Waals surface area (Å²) in [4.78, 5) is 28.7. The fourth-order valence-corrected chi connectivity index (χ4v) is 3.54. The van der Waals surface area contributed by atoms with Crippen molar-refractivity contribution < 1.29 is 23.1 Å². The molecule has 1 N–H and O–H groups in total. The van der Waals surface area contributed by atoms with E-state index in [2.05, 4.69) is 15.0 Å². The van der Waals surface area contributed by atoms with Crippen LogP contribution in [0.4, 0.5) is 13.9 Å². The van der Waals surface area contributed by atoms with Crippen molar-refractivity contribution in [3.63, 3.8) is 0 Å². The van der Waals surface area contributed by atoms with E-state index in [1.165, 1.54) is 6.07 Å². The zero-order chi connectivity index (χ0) is 21.5. The molecule has 0 aliphatic rings. The summed E-state index contributed by atoms with van der Waals surface area (Å²) in [5, 5.41) is 4.61. The summed E-state index contributed by atoms with van der Waals surface area (Å²) in [6, 6.07) is 13.7. The lowest BCUT2D eigenvalue weighted by Gasteiger charge is -2.08. The maximum absolute atomic E-state index is 12.6. The summed E-state index contributed by atoms with van der Waals surface area (Å²) in [6.07, 6.45) is 1.00. The summed E-state index contributed by atoms with van der Waals surface area (Å²) in [7, 11) is 0. The molecule has 8 heteroatoms. The molecule has 0 fully saturated rings. The number of benzene rings is 2. The number of carbonyl (C=O) groups is 2. The van der Waals surface area contributed by atoms with Crippen LogP contribution in [0.15, 0.2) is 53.9 Å².